The fraction of sp³-hybridized carbons (Fsp3) is 0.273. The molecular formula is C22H22N6O2. The van der Waals surface area contributed by atoms with E-state index in [0.29, 0.717) is 30.7 Å². The maximum absolute atomic E-state index is 13.2. The number of carbonyl (C=O) groups excluding carboxylic acids is 1. The Morgan fingerprint density at radius 1 is 0.967 bits per heavy atom. The van der Waals surface area contributed by atoms with E-state index in [4.69, 9.17) is 0 Å². The van der Waals surface area contributed by atoms with Crippen molar-refractivity contribution >= 4 is 28.3 Å². The number of hydrogen-bond donors (Lipinski definition) is 0. The zero-order valence-corrected chi connectivity index (χ0v) is 16.7. The molecule has 8 heteroatoms. The molecule has 0 radical (unpaired) electrons. The first-order valence-corrected chi connectivity index (χ1v) is 10.1. The van der Waals surface area contributed by atoms with Crippen molar-refractivity contribution < 1.29 is 4.79 Å². The topological polar surface area (TPSA) is 75.7 Å². The Balaban J connectivity index is 1.44. The Kier molecular flexibility index (Phi) is 4.46. The quantitative estimate of drug-likeness (QED) is 0.524. The van der Waals surface area contributed by atoms with Crippen LogP contribution in [0.15, 0.2) is 59.7 Å². The summed E-state index contributed by atoms with van der Waals surface area (Å²) < 4.78 is 3.34. The van der Waals surface area contributed by atoms with Crippen LogP contribution in [0, 0.1) is 0 Å². The average molecular weight is 402 g/mol. The Bertz CT molecular complexity index is 1290. The first kappa shape index (κ1) is 18.4. The molecule has 1 aliphatic heterocycles. The van der Waals surface area contributed by atoms with E-state index in [1.807, 2.05) is 48.2 Å². The van der Waals surface area contributed by atoms with Gasteiger partial charge in [0, 0.05) is 44.5 Å². The van der Waals surface area contributed by atoms with E-state index < -0.39 is 0 Å². The fourth-order valence-electron chi connectivity index (χ4n) is 4.13. The summed E-state index contributed by atoms with van der Waals surface area (Å²) in [5, 5.41) is 4.28. The first-order chi connectivity index (χ1) is 14.7. The van der Waals surface area contributed by atoms with Crippen LogP contribution in [0.3, 0.4) is 0 Å². The lowest BCUT2D eigenvalue weighted by Crippen LogP contribution is -2.49. The molecule has 1 aromatic carbocycles. The molecule has 0 unspecified atom stereocenters. The van der Waals surface area contributed by atoms with Crippen LogP contribution in [0.25, 0.3) is 16.6 Å². The van der Waals surface area contributed by atoms with E-state index in [1.165, 1.54) is 0 Å². The number of rotatable bonds is 3. The summed E-state index contributed by atoms with van der Waals surface area (Å²) in [6, 6.07) is 13.1. The highest BCUT2D eigenvalue weighted by atomic mass is 16.2. The van der Waals surface area contributed by atoms with Gasteiger partial charge in [0.1, 0.15) is 11.3 Å². The Morgan fingerprint density at radius 2 is 1.80 bits per heavy atom. The van der Waals surface area contributed by atoms with Gasteiger partial charge in [0.2, 0.25) is 0 Å². The minimum atomic E-state index is -0.101. The molecule has 0 N–H and O–H groups in total. The van der Waals surface area contributed by atoms with Crippen molar-refractivity contribution in [2.45, 2.75) is 13.5 Å². The number of aryl methyl sites for hydroxylation is 1. The van der Waals surface area contributed by atoms with Crippen LogP contribution in [0.2, 0.25) is 0 Å². The van der Waals surface area contributed by atoms with Crippen LogP contribution in [0.5, 0.6) is 0 Å². The second kappa shape index (κ2) is 7.29. The molecule has 152 valence electrons. The highest BCUT2D eigenvalue weighted by molar-refractivity contribution is 5.97. The number of anilines is 1. The van der Waals surface area contributed by atoms with Crippen molar-refractivity contribution in [3.8, 4) is 0 Å². The van der Waals surface area contributed by atoms with Crippen molar-refractivity contribution in [1.82, 2.24) is 24.1 Å². The Labute approximate surface area is 173 Å². The number of pyridine rings is 1. The molecule has 30 heavy (non-hydrogen) atoms. The molecule has 0 bridgehead atoms. The summed E-state index contributed by atoms with van der Waals surface area (Å²) in [6.07, 6.45) is 3.40. The van der Waals surface area contributed by atoms with Gasteiger partial charge in [0.05, 0.1) is 17.2 Å². The monoisotopic (exact) mass is 402 g/mol. The minimum absolute atomic E-state index is 0.0202. The molecule has 1 amide bonds. The van der Waals surface area contributed by atoms with E-state index >= 15 is 0 Å². The van der Waals surface area contributed by atoms with Gasteiger partial charge in [0.15, 0.2) is 0 Å². The normalized spacial score (nSPS) is 14.6. The molecule has 4 aromatic rings. The first-order valence-electron chi connectivity index (χ1n) is 10.1. The largest absolute Gasteiger partial charge is 0.353 e. The second-order valence-corrected chi connectivity index (χ2v) is 7.35. The summed E-state index contributed by atoms with van der Waals surface area (Å²) in [4.78, 5) is 34.4. The van der Waals surface area contributed by atoms with Crippen molar-refractivity contribution in [2.24, 2.45) is 0 Å². The average Bonchev–Trinajstić information content (AvgIpc) is 3.30. The van der Waals surface area contributed by atoms with Crippen molar-refractivity contribution in [1.29, 1.82) is 0 Å². The Hall–Kier alpha value is -3.68. The van der Waals surface area contributed by atoms with Gasteiger partial charge >= 0.3 is 0 Å². The lowest BCUT2D eigenvalue weighted by atomic mass is 10.1. The number of nitrogens with zero attached hydrogens (tertiary/aromatic N) is 6. The molecule has 1 saturated heterocycles. The number of piperazine rings is 1. The van der Waals surface area contributed by atoms with E-state index in [9.17, 15) is 9.59 Å². The predicted molar refractivity (Wildman–Crippen MR) is 115 cm³/mol. The van der Waals surface area contributed by atoms with Crippen molar-refractivity contribution in [3.05, 3.63) is 70.8 Å². The van der Waals surface area contributed by atoms with Crippen LogP contribution in [-0.2, 0) is 6.54 Å². The summed E-state index contributed by atoms with van der Waals surface area (Å²) in [5.74, 6) is 0.916. The van der Waals surface area contributed by atoms with Crippen LogP contribution in [0.4, 0.5) is 5.82 Å². The predicted octanol–water partition coefficient (Wildman–Crippen LogP) is 2.03. The third-order valence-electron chi connectivity index (χ3n) is 5.70. The van der Waals surface area contributed by atoms with Gasteiger partial charge in [0.25, 0.3) is 11.5 Å². The van der Waals surface area contributed by atoms with Gasteiger partial charge in [-0.25, -0.2) is 9.50 Å². The zero-order valence-electron chi connectivity index (χ0n) is 16.7. The minimum Gasteiger partial charge on any atom is -0.353 e. The van der Waals surface area contributed by atoms with Gasteiger partial charge in [-0.1, -0.05) is 6.07 Å². The standard InChI is InChI=1S/C22H22N6O2/c1-2-27-19-15-16(6-7-17(19)28-18(22(27)30)8-10-24-28)21(29)26-13-11-25(12-14-26)20-5-3-4-9-23-20/h3-10,15H,2,11-14H2,1H3. The van der Waals surface area contributed by atoms with E-state index in [-0.39, 0.29) is 11.5 Å². The summed E-state index contributed by atoms with van der Waals surface area (Å²) in [7, 11) is 0. The SMILES string of the molecule is CCn1c(=O)c2ccnn2c2ccc(C(=O)N3CCN(c4ccccn4)CC3)cc21. The molecule has 4 heterocycles. The molecule has 0 aliphatic carbocycles. The highest BCUT2D eigenvalue weighted by Gasteiger charge is 2.23. The number of hydrogen-bond acceptors (Lipinski definition) is 5. The van der Waals surface area contributed by atoms with E-state index in [2.05, 4.69) is 15.0 Å². The lowest BCUT2D eigenvalue weighted by molar-refractivity contribution is 0.0746. The van der Waals surface area contributed by atoms with E-state index in [1.54, 1.807) is 27.5 Å². The lowest BCUT2D eigenvalue weighted by Gasteiger charge is -2.35. The third kappa shape index (κ3) is 2.92. The van der Waals surface area contributed by atoms with Crippen LogP contribution in [0.1, 0.15) is 17.3 Å². The Morgan fingerprint density at radius 3 is 2.53 bits per heavy atom. The highest BCUT2D eigenvalue weighted by Crippen LogP contribution is 2.19. The van der Waals surface area contributed by atoms with Gasteiger partial charge in [-0.2, -0.15) is 5.10 Å². The maximum atomic E-state index is 13.2. The number of aromatic nitrogens is 4. The summed E-state index contributed by atoms with van der Waals surface area (Å²) in [6.45, 7) is 5.20. The number of carbonyl (C=O) groups is 1. The fourth-order valence-corrected chi connectivity index (χ4v) is 4.13. The van der Waals surface area contributed by atoms with Crippen LogP contribution in [-0.4, -0.2) is 56.2 Å². The maximum Gasteiger partial charge on any atom is 0.277 e. The number of benzene rings is 1. The second-order valence-electron chi connectivity index (χ2n) is 7.35. The smallest absolute Gasteiger partial charge is 0.277 e. The molecule has 0 spiro atoms. The molecule has 1 fully saturated rings. The molecular weight excluding hydrogens is 380 g/mol. The van der Waals surface area contributed by atoms with Gasteiger partial charge < -0.3 is 14.4 Å². The summed E-state index contributed by atoms with van der Waals surface area (Å²) >= 11 is 0. The van der Waals surface area contributed by atoms with Gasteiger partial charge in [-0.15, -0.1) is 0 Å². The molecule has 1 aliphatic rings. The van der Waals surface area contributed by atoms with Crippen molar-refractivity contribution in [3.63, 3.8) is 0 Å². The molecule has 5 rings (SSSR count). The van der Waals surface area contributed by atoms with E-state index in [0.717, 1.165) is 29.9 Å². The zero-order chi connectivity index (χ0) is 20.7. The molecule has 3 aromatic heterocycles. The molecule has 8 nitrogen and oxygen atoms in total. The molecule has 0 saturated carbocycles. The third-order valence-corrected chi connectivity index (χ3v) is 5.70. The molecule has 0 atom stereocenters. The van der Waals surface area contributed by atoms with Crippen LogP contribution < -0.4 is 10.5 Å². The van der Waals surface area contributed by atoms with Crippen molar-refractivity contribution in [2.75, 3.05) is 31.1 Å². The number of fused-ring (bicyclic) bond motifs is 3. The van der Waals surface area contributed by atoms with Gasteiger partial charge in [-0.3, -0.25) is 9.59 Å². The van der Waals surface area contributed by atoms with Crippen LogP contribution >= 0.6 is 0 Å². The number of amides is 1. The van der Waals surface area contributed by atoms with Gasteiger partial charge in [-0.05, 0) is 43.3 Å². The summed E-state index contributed by atoms with van der Waals surface area (Å²) in [5.41, 5.74) is 2.55.